The van der Waals surface area contributed by atoms with Gasteiger partial charge in [-0.2, -0.15) is 0 Å². The summed E-state index contributed by atoms with van der Waals surface area (Å²) in [5.74, 6) is 0.201. The molecule has 1 atom stereocenters. The van der Waals surface area contributed by atoms with Crippen LogP contribution >= 0.6 is 34.2 Å². The Balaban J connectivity index is 2.14. The Morgan fingerprint density at radius 2 is 2.29 bits per heavy atom. The van der Waals surface area contributed by atoms with Crippen LogP contribution < -0.4 is 5.32 Å². The Kier molecular flexibility index (Phi) is 4.14. The van der Waals surface area contributed by atoms with Gasteiger partial charge in [0.1, 0.15) is 6.04 Å². The molecule has 0 heterocycles. The minimum atomic E-state index is -0.241. The lowest BCUT2D eigenvalue weighted by Gasteiger charge is -2.18. The molecule has 1 fully saturated rings. The van der Waals surface area contributed by atoms with Crippen molar-refractivity contribution in [1.29, 1.82) is 0 Å². The standard InChI is InChI=1S/C12H13ClINO2/c1-17-12(16)11(7-2-3-7)15-10-5-4-8(13)6-9(10)14/h4-7,11,15H,2-3H2,1H3. The highest BCUT2D eigenvalue weighted by molar-refractivity contribution is 14.1. The maximum Gasteiger partial charge on any atom is 0.328 e. The number of ether oxygens (including phenoxy) is 1. The van der Waals surface area contributed by atoms with E-state index in [2.05, 4.69) is 27.9 Å². The van der Waals surface area contributed by atoms with E-state index in [1.165, 1.54) is 7.11 Å². The maximum absolute atomic E-state index is 11.7. The first-order chi connectivity index (χ1) is 8.11. The number of halogens is 2. The Labute approximate surface area is 119 Å². The topological polar surface area (TPSA) is 38.3 Å². The normalized spacial score (nSPS) is 16.4. The molecule has 0 saturated heterocycles. The van der Waals surface area contributed by atoms with Crippen LogP contribution in [0.1, 0.15) is 12.8 Å². The highest BCUT2D eigenvalue weighted by atomic mass is 127. The molecule has 2 rings (SSSR count). The Morgan fingerprint density at radius 3 is 2.82 bits per heavy atom. The van der Waals surface area contributed by atoms with Crippen LogP contribution in [0, 0.1) is 9.49 Å². The van der Waals surface area contributed by atoms with Crippen molar-refractivity contribution in [3.8, 4) is 0 Å². The summed E-state index contributed by atoms with van der Waals surface area (Å²) in [7, 11) is 1.42. The lowest BCUT2D eigenvalue weighted by molar-refractivity contribution is -0.142. The van der Waals surface area contributed by atoms with Gasteiger partial charge in [0.2, 0.25) is 0 Å². The second-order valence-electron chi connectivity index (χ2n) is 4.11. The molecule has 1 N–H and O–H groups in total. The number of carbonyl (C=O) groups is 1. The molecule has 0 aromatic heterocycles. The Bertz CT molecular complexity index is 435. The largest absolute Gasteiger partial charge is 0.467 e. The number of esters is 1. The molecule has 1 aliphatic rings. The van der Waals surface area contributed by atoms with E-state index in [0.717, 1.165) is 22.1 Å². The number of rotatable bonds is 4. The summed E-state index contributed by atoms with van der Waals surface area (Å²) >= 11 is 8.09. The van der Waals surface area contributed by atoms with Gasteiger partial charge in [0.05, 0.1) is 7.11 Å². The molecule has 0 bridgehead atoms. The highest BCUT2D eigenvalue weighted by Crippen LogP contribution is 2.35. The van der Waals surface area contributed by atoms with Crippen LogP contribution in [-0.4, -0.2) is 19.1 Å². The van der Waals surface area contributed by atoms with E-state index < -0.39 is 0 Å². The van der Waals surface area contributed by atoms with Crippen LogP contribution in [0.4, 0.5) is 5.69 Å². The number of methoxy groups -OCH3 is 1. The predicted octanol–water partition coefficient (Wildman–Crippen LogP) is 3.31. The zero-order chi connectivity index (χ0) is 12.4. The molecule has 0 spiro atoms. The van der Waals surface area contributed by atoms with Crippen molar-refractivity contribution in [1.82, 2.24) is 0 Å². The molecule has 5 heteroatoms. The van der Waals surface area contributed by atoms with E-state index in [1.807, 2.05) is 18.2 Å². The van der Waals surface area contributed by atoms with E-state index in [9.17, 15) is 4.79 Å². The number of nitrogens with one attached hydrogen (secondary N) is 1. The van der Waals surface area contributed by atoms with E-state index in [-0.39, 0.29) is 12.0 Å². The molecule has 1 aliphatic carbocycles. The fourth-order valence-corrected chi connectivity index (χ4v) is 2.73. The first kappa shape index (κ1) is 13.0. The zero-order valence-electron chi connectivity index (χ0n) is 9.37. The second kappa shape index (κ2) is 5.44. The molecular weight excluding hydrogens is 352 g/mol. The Morgan fingerprint density at radius 1 is 1.59 bits per heavy atom. The number of hydrogen-bond acceptors (Lipinski definition) is 3. The van der Waals surface area contributed by atoms with Crippen LogP contribution in [0.5, 0.6) is 0 Å². The van der Waals surface area contributed by atoms with Gasteiger partial charge in [0, 0.05) is 14.3 Å². The molecule has 0 radical (unpaired) electrons. The maximum atomic E-state index is 11.7. The first-order valence-electron chi connectivity index (χ1n) is 5.41. The molecule has 0 amide bonds. The molecule has 0 aliphatic heterocycles. The quantitative estimate of drug-likeness (QED) is 0.657. The second-order valence-corrected chi connectivity index (χ2v) is 5.71. The third-order valence-electron chi connectivity index (χ3n) is 2.79. The van der Waals surface area contributed by atoms with E-state index in [4.69, 9.17) is 16.3 Å². The third kappa shape index (κ3) is 3.25. The van der Waals surface area contributed by atoms with Crippen molar-refractivity contribution in [3.05, 3.63) is 26.8 Å². The summed E-state index contributed by atoms with van der Waals surface area (Å²) in [5, 5.41) is 3.94. The molecule has 3 nitrogen and oxygen atoms in total. The molecule has 1 unspecified atom stereocenters. The minimum absolute atomic E-state index is 0.196. The van der Waals surface area contributed by atoms with Gasteiger partial charge in [-0.05, 0) is 59.5 Å². The SMILES string of the molecule is COC(=O)C(Nc1ccc(Cl)cc1I)C1CC1. The van der Waals surface area contributed by atoms with Crippen LogP contribution in [0.15, 0.2) is 18.2 Å². The summed E-state index contributed by atoms with van der Waals surface area (Å²) in [5.41, 5.74) is 0.928. The van der Waals surface area contributed by atoms with Gasteiger partial charge in [-0.3, -0.25) is 0 Å². The minimum Gasteiger partial charge on any atom is -0.467 e. The van der Waals surface area contributed by atoms with Gasteiger partial charge in [-0.1, -0.05) is 11.6 Å². The molecule has 92 valence electrons. The lowest BCUT2D eigenvalue weighted by atomic mass is 10.1. The van der Waals surface area contributed by atoms with Gasteiger partial charge >= 0.3 is 5.97 Å². The molecule has 1 aromatic rings. The summed E-state index contributed by atoms with van der Waals surface area (Å²) in [6.07, 6.45) is 2.16. The lowest BCUT2D eigenvalue weighted by Crippen LogP contribution is -2.32. The van der Waals surface area contributed by atoms with Gasteiger partial charge in [0.25, 0.3) is 0 Å². The average Bonchev–Trinajstić information content (AvgIpc) is 3.11. The van der Waals surface area contributed by atoms with Gasteiger partial charge in [-0.25, -0.2) is 4.79 Å². The van der Waals surface area contributed by atoms with Crippen molar-refractivity contribution >= 4 is 45.8 Å². The summed E-state index contributed by atoms with van der Waals surface area (Å²) < 4.78 is 5.82. The van der Waals surface area contributed by atoms with Crippen molar-refractivity contribution in [2.24, 2.45) is 5.92 Å². The number of benzene rings is 1. The van der Waals surface area contributed by atoms with Crippen molar-refractivity contribution < 1.29 is 9.53 Å². The first-order valence-corrected chi connectivity index (χ1v) is 6.87. The highest BCUT2D eigenvalue weighted by Gasteiger charge is 2.37. The molecule has 17 heavy (non-hydrogen) atoms. The zero-order valence-corrected chi connectivity index (χ0v) is 12.3. The van der Waals surface area contributed by atoms with Gasteiger partial charge in [-0.15, -0.1) is 0 Å². The predicted molar refractivity (Wildman–Crippen MR) is 76.3 cm³/mol. The molecule has 1 aromatic carbocycles. The van der Waals surface area contributed by atoms with E-state index >= 15 is 0 Å². The van der Waals surface area contributed by atoms with Crippen LogP contribution in [0.2, 0.25) is 5.02 Å². The average molecular weight is 366 g/mol. The number of hydrogen-bond donors (Lipinski definition) is 1. The summed E-state index contributed by atoms with van der Waals surface area (Å²) in [6, 6.07) is 5.33. The van der Waals surface area contributed by atoms with Crippen molar-refractivity contribution in [2.45, 2.75) is 18.9 Å². The fraction of sp³-hybridized carbons (Fsp3) is 0.417. The van der Waals surface area contributed by atoms with Crippen LogP contribution in [0.3, 0.4) is 0 Å². The van der Waals surface area contributed by atoms with E-state index in [0.29, 0.717) is 10.9 Å². The van der Waals surface area contributed by atoms with Crippen LogP contribution in [0.25, 0.3) is 0 Å². The number of anilines is 1. The van der Waals surface area contributed by atoms with Crippen molar-refractivity contribution in [3.63, 3.8) is 0 Å². The number of carbonyl (C=O) groups excluding carboxylic acids is 1. The van der Waals surface area contributed by atoms with Gasteiger partial charge in [0.15, 0.2) is 0 Å². The monoisotopic (exact) mass is 365 g/mol. The smallest absolute Gasteiger partial charge is 0.328 e. The molecular formula is C12H13ClINO2. The molecule has 1 saturated carbocycles. The van der Waals surface area contributed by atoms with Crippen LogP contribution in [-0.2, 0) is 9.53 Å². The van der Waals surface area contributed by atoms with Crippen molar-refractivity contribution in [2.75, 3.05) is 12.4 Å². The fourth-order valence-electron chi connectivity index (χ4n) is 1.70. The van der Waals surface area contributed by atoms with Gasteiger partial charge < -0.3 is 10.1 Å². The Hall–Kier alpha value is -0.490. The third-order valence-corrected chi connectivity index (χ3v) is 3.92. The van der Waals surface area contributed by atoms with E-state index in [1.54, 1.807) is 0 Å². The summed E-state index contributed by atoms with van der Waals surface area (Å²) in [6.45, 7) is 0. The summed E-state index contributed by atoms with van der Waals surface area (Å²) in [4.78, 5) is 11.7.